The van der Waals surface area contributed by atoms with E-state index in [0.29, 0.717) is 12.1 Å². The maximum atomic E-state index is 13.0. The lowest BCUT2D eigenvalue weighted by Gasteiger charge is -2.28. The van der Waals surface area contributed by atoms with Crippen LogP contribution in [-0.4, -0.2) is 56.5 Å². The molecule has 7 nitrogen and oxygen atoms in total. The second-order valence-electron chi connectivity index (χ2n) is 8.77. The average Bonchev–Trinajstić information content (AvgIpc) is 3.23. The molecule has 0 bridgehead atoms. The molecule has 1 fully saturated rings. The summed E-state index contributed by atoms with van der Waals surface area (Å²) in [5, 5.41) is 9.74. The summed E-state index contributed by atoms with van der Waals surface area (Å²) in [5.74, 6) is -0.0636. The van der Waals surface area contributed by atoms with Crippen molar-refractivity contribution in [2.75, 3.05) is 55.3 Å². The van der Waals surface area contributed by atoms with Gasteiger partial charge in [0, 0.05) is 55.9 Å². The molecule has 0 radical (unpaired) electrons. The lowest BCUT2D eigenvalue weighted by Crippen LogP contribution is -2.47. The van der Waals surface area contributed by atoms with Crippen LogP contribution in [0.2, 0.25) is 0 Å². The van der Waals surface area contributed by atoms with E-state index in [9.17, 15) is 9.59 Å². The number of benzene rings is 3. The molecule has 0 atom stereocenters. The largest absolute Gasteiger partial charge is 0.354 e. The summed E-state index contributed by atoms with van der Waals surface area (Å²) in [7, 11) is 1.81. The second-order valence-corrected chi connectivity index (χ2v) is 8.77. The Morgan fingerprint density at radius 2 is 1.57 bits per heavy atom. The first-order valence-corrected chi connectivity index (χ1v) is 11.9. The van der Waals surface area contributed by atoms with Crippen LogP contribution in [0.3, 0.4) is 0 Å². The van der Waals surface area contributed by atoms with Crippen molar-refractivity contribution in [3.63, 3.8) is 0 Å². The fourth-order valence-electron chi connectivity index (χ4n) is 4.47. The quantitative estimate of drug-likeness (QED) is 0.406. The first-order valence-electron chi connectivity index (χ1n) is 11.9. The van der Waals surface area contributed by atoms with Crippen LogP contribution in [0.5, 0.6) is 0 Å². The number of amides is 2. The third kappa shape index (κ3) is 6.32. The van der Waals surface area contributed by atoms with Crippen LogP contribution in [0.4, 0.5) is 17.1 Å². The van der Waals surface area contributed by atoms with Crippen molar-refractivity contribution >= 4 is 65.0 Å². The molecule has 3 aromatic carbocycles. The number of nitrogens with zero attached hydrogens (tertiary/aromatic N) is 2. The van der Waals surface area contributed by atoms with E-state index in [-0.39, 0.29) is 36.6 Å². The Hall–Kier alpha value is -3.36. The first kappa shape index (κ1) is 28.2. The van der Waals surface area contributed by atoms with E-state index in [1.807, 2.05) is 85.9 Å². The highest BCUT2D eigenvalue weighted by Gasteiger charge is 2.28. The molecule has 5 rings (SSSR count). The summed E-state index contributed by atoms with van der Waals surface area (Å²) < 4.78 is 0. The SMILES string of the molecule is CN(C(=O)CN1CCNCC1)c1ccc(NC(=C2C(=O)Nc3ccccc32)c2ccccc2)cc1.Cl.Cl. The molecule has 0 aromatic heterocycles. The van der Waals surface area contributed by atoms with Gasteiger partial charge in [0.2, 0.25) is 5.91 Å². The van der Waals surface area contributed by atoms with Crippen LogP contribution >= 0.6 is 24.8 Å². The van der Waals surface area contributed by atoms with Crippen molar-refractivity contribution in [3.05, 3.63) is 90.0 Å². The summed E-state index contributed by atoms with van der Waals surface area (Å²) in [4.78, 5) is 29.6. The van der Waals surface area contributed by atoms with Gasteiger partial charge in [-0.05, 0) is 35.9 Å². The number of carbonyl (C=O) groups excluding carboxylic acids is 2. The van der Waals surface area contributed by atoms with Crippen LogP contribution in [-0.2, 0) is 9.59 Å². The minimum absolute atomic E-state index is 0. The predicted octanol–water partition coefficient (Wildman–Crippen LogP) is 4.33. The van der Waals surface area contributed by atoms with Crippen molar-refractivity contribution in [2.45, 2.75) is 0 Å². The number of rotatable bonds is 6. The van der Waals surface area contributed by atoms with Gasteiger partial charge in [0.25, 0.3) is 5.91 Å². The van der Waals surface area contributed by atoms with Gasteiger partial charge in [-0.1, -0.05) is 48.5 Å². The molecular formula is C28H31Cl2N5O2. The molecule has 3 aromatic rings. The molecule has 1 saturated heterocycles. The number of fused-ring (bicyclic) bond motifs is 1. The predicted molar refractivity (Wildman–Crippen MR) is 156 cm³/mol. The molecule has 2 heterocycles. The second kappa shape index (κ2) is 12.7. The monoisotopic (exact) mass is 539 g/mol. The van der Waals surface area contributed by atoms with Gasteiger partial charge in [-0.25, -0.2) is 0 Å². The highest BCUT2D eigenvalue weighted by atomic mass is 35.5. The molecule has 2 amide bonds. The third-order valence-electron chi connectivity index (χ3n) is 6.45. The van der Waals surface area contributed by atoms with E-state index in [2.05, 4.69) is 20.9 Å². The molecule has 2 aliphatic rings. The number of nitrogens with one attached hydrogen (secondary N) is 3. The molecule has 194 valence electrons. The number of carbonyl (C=O) groups is 2. The lowest BCUT2D eigenvalue weighted by atomic mass is 10.00. The minimum atomic E-state index is -0.132. The summed E-state index contributed by atoms with van der Waals surface area (Å²) >= 11 is 0. The van der Waals surface area contributed by atoms with Crippen molar-refractivity contribution in [3.8, 4) is 0 Å². The van der Waals surface area contributed by atoms with E-state index in [0.717, 1.165) is 60.1 Å². The molecule has 0 saturated carbocycles. The summed E-state index contributed by atoms with van der Waals surface area (Å²) in [6, 6.07) is 25.3. The standard InChI is InChI=1S/C28H29N5O2.2ClH/c1-32(25(34)19-33-17-15-29-16-18-33)22-13-11-21(12-14-22)30-27(20-7-3-2-4-8-20)26-23-9-5-6-10-24(23)31-28(26)35;;/h2-14,29-30H,15-19H2,1H3,(H,31,35);2*1H. The fraction of sp³-hybridized carbons (Fsp3) is 0.214. The number of hydrogen-bond donors (Lipinski definition) is 3. The lowest BCUT2D eigenvalue weighted by molar-refractivity contribution is -0.119. The minimum Gasteiger partial charge on any atom is -0.354 e. The van der Waals surface area contributed by atoms with Crippen molar-refractivity contribution in [2.24, 2.45) is 0 Å². The van der Waals surface area contributed by atoms with Crippen molar-refractivity contribution in [1.82, 2.24) is 10.2 Å². The number of para-hydroxylation sites is 1. The van der Waals surface area contributed by atoms with Gasteiger partial charge in [0.1, 0.15) is 0 Å². The van der Waals surface area contributed by atoms with Crippen LogP contribution in [0, 0.1) is 0 Å². The zero-order valence-corrected chi connectivity index (χ0v) is 22.2. The highest BCUT2D eigenvalue weighted by molar-refractivity contribution is 6.37. The average molecular weight is 540 g/mol. The van der Waals surface area contributed by atoms with E-state index < -0.39 is 0 Å². The van der Waals surface area contributed by atoms with Crippen LogP contribution < -0.4 is 20.9 Å². The van der Waals surface area contributed by atoms with E-state index in [1.54, 1.807) is 4.90 Å². The van der Waals surface area contributed by atoms with Gasteiger partial charge >= 0.3 is 0 Å². The maximum Gasteiger partial charge on any atom is 0.258 e. The van der Waals surface area contributed by atoms with E-state index in [1.165, 1.54) is 0 Å². The van der Waals surface area contributed by atoms with Crippen LogP contribution in [0.25, 0.3) is 11.3 Å². The number of likely N-dealkylation sites (N-methyl/N-ethyl adjacent to an activating group) is 1. The number of halogens is 2. The Morgan fingerprint density at radius 3 is 2.27 bits per heavy atom. The smallest absolute Gasteiger partial charge is 0.258 e. The molecule has 9 heteroatoms. The third-order valence-corrected chi connectivity index (χ3v) is 6.45. The van der Waals surface area contributed by atoms with Gasteiger partial charge in [-0.2, -0.15) is 0 Å². The van der Waals surface area contributed by atoms with Gasteiger partial charge < -0.3 is 20.9 Å². The first-order chi connectivity index (χ1) is 17.1. The molecular weight excluding hydrogens is 509 g/mol. The highest BCUT2D eigenvalue weighted by Crippen LogP contribution is 2.37. The zero-order chi connectivity index (χ0) is 24.2. The van der Waals surface area contributed by atoms with Crippen molar-refractivity contribution in [1.29, 1.82) is 0 Å². The molecule has 3 N–H and O–H groups in total. The van der Waals surface area contributed by atoms with E-state index >= 15 is 0 Å². The molecule has 37 heavy (non-hydrogen) atoms. The summed E-state index contributed by atoms with van der Waals surface area (Å²) in [5.41, 5.74) is 5.61. The van der Waals surface area contributed by atoms with Crippen LogP contribution in [0.15, 0.2) is 78.9 Å². The fourth-order valence-corrected chi connectivity index (χ4v) is 4.47. The van der Waals surface area contributed by atoms with E-state index in [4.69, 9.17) is 0 Å². The molecule has 0 spiro atoms. The maximum absolute atomic E-state index is 13.0. The number of anilines is 3. The Balaban J connectivity index is 0.00000190. The zero-order valence-electron chi connectivity index (χ0n) is 20.6. The topological polar surface area (TPSA) is 76.7 Å². The molecule has 2 aliphatic heterocycles. The Bertz CT molecular complexity index is 1260. The summed E-state index contributed by atoms with van der Waals surface area (Å²) in [6.07, 6.45) is 0. The molecule has 0 unspecified atom stereocenters. The van der Waals surface area contributed by atoms with Gasteiger partial charge in [-0.3, -0.25) is 14.5 Å². The summed E-state index contributed by atoms with van der Waals surface area (Å²) in [6.45, 7) is 4.02. The Morgan fingerprint density at radius 1 is 0.919 bits per heavy atom. The Labute approximate surface area is 229 Å². The van der Waals surface area contributed by atoms with Gasteiger partial charge in [0.15, 0.2) is 0 Å². The number of hydrogen-bond acceptors (Lipinski definition) is 5. The Kier molecular flexibility index (Phi) is 9.72. The molecule has 0 aliphatic carbocycles. The number of piperazine rings is 1. The normalized spacial score (nSPS) is 16.0. The van der Waals surface area contributed by atoms with Gasteiger partial charge in [-0.15, -0.1) is 24.8 Å². The van der Waals surface area contributed by atoms with Crippen LogP contribution in [0.1, 0.15) is 11.1 Å². The van der Waals surface area contributed by atoms with Crippen molar-refractivity contribution < 1.29 is 9.59 Å². The van der Waals surface area contributed by atoms with Gasteiger partial charge in [0.05, 0.1) is 17.8 Å².